The molecule has 0 fully saturated rings. The number of benzene rings is 1. The summed E-state index contributed by atoms with van der Waals surface area (Å²) < 4.78 is 6.41. The van der Waals surface area contributed by atoms with Crippen molar-refractivity contribution in [1.82, 2.24) is 19.6 Å². The highest BCUT2D eigenvalue weighted by atomic mass is 16.5. The molecule has 1 aromatic heterocycles. The highest BCUT2D eigenvalue weighted by Crippen LogP contribution is 2.31. The number of nitrogens with one attached hydrogen (secondary N) is 1. The lowest BCUT2D eigenvalue weighted by Gasteiger charge is -2.19. The van der Waals surface area contributed by atoms with Crippen LogP contribution >= 0.6 is 0 Å². The molecule has 2 aromatic rings. The van der Waals surface area contributed by atoms with Crippen LogP contribution in [-0.4, -0.2) is 65.2 Å². The van der Waals surface area contributed by atoms with Crippen molar-refractivity contribution in [2.75, 3.05) is 33.9 Å². The Morgan fingerprint density at radius 3 is 2.39 bits per heavy atom. The van der Waals surface area contributed by atoms with Gasteiger partial charge in [0, 0.05) is 26.4 Å². The Bertz CT molecular complexity index is 987. The summed E-state index contributed by atoms with van der Waals surface area (Å²) in [4.78, 5) is 42.1. The summed E-state index contributed by atoms with van der Waals surface area (Å²) in [6.45, 7) is 4.49. The highest BCUT2D eigenvalue weighted by molar-refractivity contribution is 6.35. The van der Waals surface area contributed by atoms with E-state index in [-0.39, 0.29) is 35.5 Å². The van der Waals surface area contributed by atoms with Gasteiger partial charge in [-0.15, -0.1) is 0 Å². The molecule has 2 heterocycles. The molecule has 0 aliphatic carbocycles. The Kier molecular flexibility index (Phi) is 5.51. The number of nitrogens with zero attached hydrogens (tertiary/aromatic N) is 3. The molecule has 0 radical (unpaired) electrons. The highest BCUT2D eigenvalue weighted by Gasteiger charge is 2.42. The normalized spacial score (nSPS) is 14.4. The molecule has 28 heavy (non-hydrogen) atoms. The number of aromatic amines is 1. The van der Waals surface area contributed by atoms with Crippen molar-refractivity contribution in [3.05, 3.63) is 57.6 Å². The van der Waals surface area contributed by atoms with Crippen molar-refractivity contribution >= 4 is 17.4 Å². The molecule has 1 aromatic carbocycles. The van der Waals surface area contributed by atoms with Crippen LogP contribution in [0.2, 0.25) is 0 Å². The van der Waals surface area contributed by atoms with E-state index in [1.807, 2.05) is 25.1 Å². The Hall–Kier alpha value is -3.13. The van der Waals surface area contributed by atoms with Gasteiger partial charge in [0.25, 0.3) is 17.4 Å². The lowest BCUT2D eigenvalue weighted by atomic mass is 10.1. The Morgan fingerprint density at radius 1 is 1.11 bits per heavy atom. The number of hydrogen-bond acceptors (Lipinski definition) is 5. The summed E-state index contributed by atoms with van der Waals surface area (Å²) in [7, 11) is 3.24. The monoisotopic (exact) mass is 384 g/mol. The predicted molar refractivity (Wildman–Crippen MR) is 105 cm³/mol. The second-order valence-electron chi connectivity index (χ2n) is 6.58. The Balaban J connectivity index is 2.18. The topological polar surface area (TPSA) is 87.6 Å². The number of likely N-dealkylation sites (N-methyl/N-ethyl adjacent to an activating group) is 1. The van der Waals surface area contributed by atoms with Crippen LogP contribution in [0.1, 0.15) is 18.2 Å². The van der Waals surface area contributed by atoms with Crippen molar-refractivity contribution in [1.29, 1.82) is 0 Å². The Morgan fingerprint density at radius 2 is 1.79 bits per heavy atom. The van der Waals surface area contributed by atoms with Gasteiger partial charge >= 0.3 is 0 Å². The van der Waals surface area contributed by atoms with Gasteiger partial charge < -0.3 is 9.64 Å². The lowest BCUT2D eigenvalue weighted by molar-refractivity contribution is -0.138. The second kappa shape index (κ2) is 7.85. The summed E-state index contributed by atoms with van der Waals surface area (Å²) in [5, 5.41) is 3.02. The number of carbonyl (C=O) groups excluding carboxylic acids is 2. The first-order valence-corrected chi connectivity index (χ1v) is 9.10. The molecule has 2 amide bonds. The molecule has 8 nitrogen and oxygen atoms in total. The molecule has 148 valence electrons. The van der Waals surface area contributed by atoms with E-state index in [2.05, 4.69) is 5.10 Å². The van der Waals surface area contributed by atoms with Crippen LogP contribution in [0, 0.1) is 6.92 Å². The molecule has 1 aliphatic heterocycles. The van der Waals surface area contributed by atoms with E-state index >= 15 is 0 Å². The molecule has 8 heteroatoms. The fourth-order valence-electron chi connectivity index (χ4n) is 3.29. The van der Waals surface area contributed by atoms with Crippen LogP contribution in [0.15, 0.2) is 40.8 Å². The number of rotatable bonds is 7. The molecule has 3 rings (SSSR count). The minimum atomic E-state index is -0.475. The maximum atomic E-state index is 13.2. The fraction of sp³-hybridized carbons (Fsp3) is 0.350. The summed E-state index contributed by atoms with van der Waals surface area (Å²) in [6, 6.07) is 9.09. The maximum absolute atomic E-state index is 13.2. The lowest BCUT2D eigenvalue weighted by Crippen LogP contribution is -2.36. The van der Waals surface area contributed by atoms with Gasteiger partial charge in [0.05, 0.1) is 30.0 Å². The first-order valence-electron chi connectivity index (χ1n) is 9.10. The molecule has 0 saturated carbocycles. The maximum Gasteiger partial charge on any atom is 0.279 e. The third kappa shape index (κ3) is 3.16. The van der Waals surface area contributed by atoms with Gasteiger partial charge in [-0.2, -0.15) is 0 Å². The second-order valence-corrected chi connectivity index (χ2v) is 6.58. The summed E-state index contributed by atoms with van der Waals surface area (Å²) in [5.74, 6) is -0.885. The average molecular weight is 384 g/mol. The van der Waals surface area contributed by atoms with Crippen LogP contribution in [0.3, 0.4) is 0 Å². The number of aromatic nitrogens is 2. The van der Waals surface area contributed by atoms with Crippen LogP contribution < -0.4 is 5.56 Å². The van der Waals surface area contributed by atoms with Gasteiger partial charge in [-0.25, -0.2) is 4.68 Å². The van der Waals surface area contributed by atoms with Gasteiger partial charge in [0.2, 0.25) is 0 Å². The van der Waals surface area contributed by atoms with E-state index in [0.29, 0.717) is 17.9 Å². The standard InChI is InChI=1S/C20H24N4O4/c1-5-22(3)17-16(18(25)23(20(17)27)11-12-28-4)15-13(2)21-24(19(15)26)14-9-7-6-8-10-14/h6-10,21H,5,11-12H2,1-4H3. The zero-order valence-corrected chi connectivity index (χ0v) is 16.5. The largest absolute Gasteiger partial charge is 0.383 e. The number of ether oxygens (including phenoxy) is 1. The zero-order chi connectivity index (χ0) is 20.4. The van der Waals surface area contributed by atoms with Crippen LogP contribution in [-0.2, 0) is 14.3 Å². The number of H-pyrrole nitrogens is 1. The van der Waals surface area contributed by atoms with Crippen molar-refractivity contribution in [2.45, 2.75) is 13.8 Å². The minimum Gasteiger partial charge on any atom is -0.383 e. The van der Waals surface area contributed by atoms with Crippen LogP contribution in [0.4, 0.5) is 0 Å². The molecule has 0 bridgehead atoms. The summed E-state index contributed by atoms with van der Waals surface area (Å²) in [6.07, 6.45) is 0. The zero-order valence-electron chi connectivity index (χ0n) is 16.5. The minimum absolute atomic E-state index is 0.134. The molecule has 1 aliphatic rings. The summed E-state index contributed by atoms with van der Waals surface area (Å²) in [5.41, 5.74) is 1.41. The van der Waals surface area contributed by atoms with Gasteiger partial charge in [0.15, 0.2) is 0 Å². The number of hydrogen-bond donors (Lipinski definition) is 1. The molecule has 0 spiro atoms. The van der Waals surface area contributed by atoms with Crippen molar-refractivity contribution < 1.29 is 14.3 Å². The first kappa shape index (κ1) is 19.6. The number of aryl methyl sites for hydroxylation is 1. The van der Waals surface area contributed by atoms with E-state index in [1.165, 1.54) is 11.8 Å². The third-order valence-electron chi connectivity index (χ3n) is 4.85. The van der Waals surface area contributed by atoms with E-state index in [4.69, 9.17) is 4.74 Å². The predicted octanol–water partition coefficient (Wildman–Crippen LogP) is 1.15. The van der Waals surface area contributed by atoms with Crippen LogP contribution in [0.25, 0.3) is 11.3 Å². The van der Waals surface area contributed by atoms with Crippen molar-refractivity contribution in [2.24, 2.45) is 0 Å². The molecular weight excluding hydrogens is 360 g/mol. The van der Waals surface area contributed by atoms with Gasteiger partial charge in [0.1, 0.15) is 5.70 Å². The SMILES string of the molecule is CCN(C)C1=C(c2c(C)[nH]n(-c3ccccc3)c2=O)C(=O)N(CCOC)C1=O. The third-order valence-corrected chi connectivity index (χ3v) is 4.85. The van der Waals surface area contributed by atoms with Gasteiger partial charge in [-0.3, -0.25) is 24.4 Å². The van der Waals surface area contributed by atoms with E-state index in [0.717, 1.165) is 4.90 Å². The molecular formula is C20H24N4O4. The van der Waals surface area contributed by atoms with E-state index < -0.39 is 11.8 Å². The number of carbonyl (C=O) groups is 2. The van der Waals surface area contributed by atoms with Crippen molar-refractivity contribution in [3.8, 4) is 5.69 Å². The average Bonchev–Trinajstić information content (AvgIpc) is 3.12. The number of methoxy groups -OCH3 is 1. The molecule has 1 N–H and O–H groups in total. The molecule has 0 unspecified atom stereocenters. The quantitative estimate of drug-likeness (QED) is 0.724. The van der Waals surface area contributed by atoms with Gasteiger partial charge in [-0.05, 0) is 26.0 Å². The number of para-hydroxylation sites is 1. The molecule has 0 atom stereocenters. The Labute approximate surface area is 163 Å². The van der Waals surface area contributed by atoms with E-state index in [1.54, 1.807) is 31.0 Å². The smallest absolute Gasteiger partial charge is 0.279 e. The first-order chi connectivity index (χ1) is 13.4. The van der Waals surface area contributed by atoms with Gasteiger partial charge in [-0.1, -0.05) is 18.2 Å². The fourth-order valence-corrected chi connectivity index (χ4v) is 3.29. The molecule has 0 saturated heterocycles. The van der Waals surface area contributed by atoms with Crippen LogP contribution in [0.5, 0.6) is 0 Å². The summed E-state index contributed by atoms with van der Waals surface area (Å²) >= 11 is 0. The van der Waals surface area contributed by atoms with E-state index in [9.17, 15) is 14.4 Å². The van der Waals surface area contributed by atoms with Crippen molar-refractivity contribution in [3.63, 3.8) is 0 Å². The number of amides is 2. The number of imide groups is 1.